The van der Waals surface area contributed by atoms with E-state index in [1.807, 2.05) is 11.8 Å². The minimum absolute atomic E-state index is 0.146. The van der Waals surface area contributed by atoms with Crippen LogP contribution in [0.4, 0.5) is 5.95 Å². The molecule has 2 N–H and O–H groups in total. The summed E-state index contributed by atoms with van der Waals surface area (Å²) in [6, 6.07) is 0. The Hall–Kier alpha value is -1.30. The second-order valence-corrected chi connectivity index (χ2v) is 5.04. The Kier molecular flexibility index (Phi) is 5.21. The molecule has 0 saturated heterocycles. The number of anilines is 1. The van der Waals surface area contributed by atoms with Crippen LogP contribution in [0.3, 0.4) is 0 Å². The van der Waals surface area contributed by atoms with E-state index in [2.05, 4.69) is 28.5 Å². The van der Waals surface area contributed by atoms with Crippen molar-refractivity contribution in [3.8, 4) is 0 Å². The largest absolute Gasteiger partial charge is 0.478 e. The van der Waals surface area contributed by atoms with Gasteiger partial charge >= 0.3 is 5.97 Å². The third kappa shape index (κ3) is 4.22. The van der Waals surface area contributed by atoms with Gasteiger partial charge < -0.3 is 10.4 Å². The van der Waals surface area contributed by atoms with Gasteiger partial charge in [-0.2, -0.15) is 11.8 Å². The average molecular weight is 255 g/mol. The lowest BCUT2D eigenvalue weighted by atomic mass is 10.2. The van der Waals surface area contributed by atoms with Crippen molar-refractivity contribution in [2.75, 3.05) is 18.1 Å². The summed E-state index contributed by atoms with van der Waals surface area (Å²) in [6.07, 6.45) is 4.43. The van der Waals surface area contributed by atoms with Crippen LogP contribution in [0, 0.1) is 6.92 Å². The van der Waals surface area contributed by atoms with Crippen molar-refractivity contribution in [3.63, 3.8) is 0 Å². The second-order valence-electron chi connectivity index (χ2n) is 3.76. The lowest BCUT2D eigenvalue weighted by Gasteiger charge is -2.09. The molecule has 0 bridgehead atoms. The Morgan fingerprint density at radius 3 is 2.88 bits per heavy atom. The van der Waals surface area contributed by atoms with Gasteiger partial charge in [0.1, 0.15) is 0 Å². The number of carboxylic acids is 1. The molecule has 17 heavy (non-hydrogen) atoms. The number of nitrogens with one attached hydrogen (secondary N) is 1. The summed E-state index contributed by atoms with van der Waals surface area (Å²) in [5, 5.41) is 12.5. The zero-order valence-corrected chi connectivity index (χ0v) is 11.0. The van der Waals surface area contributed by atoms with E-state index in [1.165, 1.54) is 6.20 Å². The average Bonchev–Trinajstić information content (AvgIpc) is 2.28. The Morgan fingerprint density at radius 1 is 1.65 bits per heavy atom. The van der Waals surface area contributed by atoms with Gasteiger partial charge in [0.2, 0.25) is 5.95 Å². The zero-order valence-electron chi connectivity index (χ0n) is 10.2. The minimum atomic E-state index is -0.995. The number of thioether (sulfide) groups is 1. The Labute approximate surface area is 105 Å². The van der Waals surface area contributed by atoms with E-state index in [0.717, 1.165) is 13.0 Å². The molecule has 0 spiro atoms. The van der Waals surface area contributed by atoms with E-state index in [9.17, 15) is 4.79 Å². The fourth-order valence-electron chi connectivity index (χ4n) is 1.27. The maximum Gasteiger partial charge on any atom is 0.339 e. The van der Waals surface area contributed by atoms with Gasteiger partial charge in [-0.1, -0.05) is 6.92 Å². The summed E-state index contributed by atoms with van der Waals surface area (Å²) in [7, 11) is 0. The van der Waals surface area contributed by atoms with E-state index in [0.29, 0.717) is 16.9 Å². The monoisotopic (exact) mass is 255 g/mol. The Balaban J connectivity index is 2.56. The molecule has 0 aliphatic heterocycles. The third-order valence-corrected chi connectivity index (χ3v) is 3.49. The third-order valence-electron chi connectivity index (χ3n) is 2.45. The SMILES string of the molecule is CSC(C)CCNc1ncc(C(=O)O)c(C)n1. The molecular weight excluding hydrogens is 238 g/mol. The molecule has 0 radical (unpaired) electrons. The van der Waals surface area contributed by atoms with Gasteiger partial charge in [0.05, 0.1) is 11.3 Å². The molecule has 0 saturated carbocycles. The number of hydrogen-bond acceptors (Lipinski definition) is 5. The van der Waals surface area contributed by atoms with Crippen molar-refractivity contribution < 1.29 is 9.90 Å². The van der Waals surface area contributed by atoms with Crippen LogP contribution in [0.2, 0.25) is 0 Å². The van der Waals surface area contributed by atoms with Crippen molar-refractivity contribution in [1.29, 1.82) is 0 Å². The summed E-state index contributed by atoms with van der Waals surface area (Å²) < 4.78 is 0. The van der Waals surface area contributed by atoms with E-state index in [4.69, 9.17) is 5.11 Å². The van der Waals surface area contributed by atoms with Crippen molar-refractivity contribution in [2.45, 2.75) is 25.5 Å². The van der Waals surface area contributed by atoms with Gasteiger partial charge in [-0.05, 0) is 19.6 Å². The molecule has 0 fully saturated rings. The predicted octanol–water partition coefficient (Wildman–Crippen LogP) is 2.04. The number of nitrogens with zero attached hydrogens (tertiary/aromatic N) is 2. The first kappa shape index (κ1) is 13.8. The smallest absolute Gasteiger partial charge is 0.339 e. The van der Waals surface area contributed by atoms with Crippen LogP contribution in [-0.4, -0.2) is 39.1 Å². The van der Waals surface area contributed by atoms with Crippen molar-refractivity contribution >= 4 is 23.7 Å². The summed E-state index contributed by atoms with van der Waals surface area (Å²) in [5.41, 5.74) is 0.626. The number of carbonyl (C=O) groups is 1. The first-order chi connectivity index (χ1) is 8.04. The molecule has 1 heterocycles. The molecule has 5 nitrogen and oxygen atoms in total. The molecule has 1 atom stereocenters. The van der Waals surface area contributed by atoms with Crippen LogP contribution in [0.25, 0.3) is 0 Å². The fraction of sp³-hybridized carbons (Fsp3) is 0.545. The van der Waals surface area contributed by atoms with E-state index >= 15 is 0 Å². The normalized spacial score (nSPS) is 12.2. The second kappa shape index (κ2) is 6.44. The standard InChI is InChI=1S/C11H17N3O2S/c1-7(17-3)4-5-12-11-13-6-9(10(15)16)8(2)14-11/h6-7H,4-5H2,1-3H3,(H,15,16)(H,12,13,14). The van der Waals surface area contributed by atoms with Crippen LogP contribution in [-0.2, 0) is 0 Å². The first-order valence-corrected chi connectivity index (χ1v) is 6.67. The van der Waals surface area contributed by atoms with Gasteiger partial charge in [-0.15, -0.1) is 0 Å². The molecule has 6 heteroatoms. The molecule has 1 rings (SSSR count). The molecule has 0 aromatic carbocycles. The quantitative estimate of drug-likeness (QED) is 0.810. The summed E-state index contributed by atoms with van der Waals surface area (Å²) in [6.45, 7) is 4.61. The molecule has 1 aromatic heterocycles. The van der Waals surface area contributed by atoms with Crippen LogP contribution < -0.4 is 5.32 Å². The summed E-state index contributed by atoms with van der Waals surface area (Å²) in [5.74, 6) is -0.508. The molecule has 1 unspecified atom stereocenters. The molecule has 0 amide bonds. The molecule has 1 aromatic rings. The minimum Gasteiger partial charge on any atom is -0.478 e. The van der Waals surface area contributed by atoms with E-state index in [-0.39, 0.29) is 5.56 Å². The molecule has 94 valence electrons. The lowest BCUT2D eigenvalue weighted by molar-refractivity contribution is 0.0695. The molecule has 0 aliphatic carbocycles. The maximum atomic E-state index is 10.8. The van der Waals surface area contributed by atoms with Crippen molar-refractivity contribution in [2.24, 2.45) is 0 Å². The number of aromatic carboxylic acids is 1. The number of hydrogen-bond donors (Lipinski definition) is 2. The molecule has 0 aliphatic rings. The number of carboxylic acid groups (broad SMARTS) is 1. The van der Waals surface area contributed by atoms with Gasteiger partial charge in [0.25, 0.3) is 0 Å². The number of aryl methyl sites for hydroxylation is 1. The van der Waals surface area contributed by atoms with Gasteiger partial charge in [-0.3, -0.25) is 0 Å². The predicted molar refractivity (Wildman–Crippen MR) is 69.8 cm³/mol. The highest BCUT2D eigenvalue weighted by molar-refractivity contribution is 7.99. The van der Waals surface area contributed by atoms with Crippen LogP contribution in [0.1, 0.15) is 29.4 Å². The Bertz CT molecular complexity index is 398. The molecular formula is C11H17N3O2S. The number of aromatic nitrogens is 2. The van der Waals surface area contributed by atoms with Crippen molar-refractivity contribution in [1.82, 2.24) is 9.97 Å². The van der Waals surface area contributed by atoms with Crippen LogP contribution in [0.15, 0.2) is 6.20 Å². The zero-order chi connectivity index (χ0) is 12.8. The fourth-order valence-corrected chi connectivity index (χ4v) is 1.62. The maximum absolute atomic E-state index is 10.8. The highest BCUT2D eigenvalue weighted by Gasteiger charge is 2.09. The van der Waals surface area contributed by atoms with E-state index in [1.54, 1.807) is 6.92 Å². The summed E-state index contributed by atoms with van der Waals surface area (Å²) >= 11 is 1.81. The van der Waals surface area contributed by atoms with Crippen LogP contribution >= 0.6 is 11.8 Å². The lowest BCUT2D eigenvalue weighted by Crippen LogP contribution is -2.12. The van der Waals surface area contributed by atoms with Gasteiger partial charge in [-0.25, -0.2) is 14.8 Å². The highest BCUT2D eigenvalue weighted by Crippen LogP contribution is 2.10. The number of rotatable bonds is 6. The van der Waals surface area contributed by atoms with E-state index < -0.39 is 5.97 Å². The van der Waals surface area contributed by atoms with Gasteiger partial charge in [0, 0.05) is 18.0 Å². The van der Waals surface area contributed by atoms with Gasteiger partial charge in [0.15, 0.2) is 0 Å². The topological polar surface area (TPSA) is 75.1 Å². The Morgan fingerprint density at radius 2 is 2.35 bits per heavy atom. The summed E-state index contributed by atoms with van der Waals surface area (Å²) in [4.78, 5) is 18.9. The van der Waals surface area contributed by atoms with Crippen LogP contribution in [0.5, 0.6) is 0 Å². The van der Waals surface area contributed by atoms with Crippen molar-refractivity contribution in [3.05, 3.63) is 17.5 Å². The highest BCUT2D eigenvalue weighted by atomic mass is 32.2. The first-order valence-electron chi connectivity index (χ1n) is 5.38.